The lowest BCUT2D eigenvalue weighted by molar-refractivity contribution is 0.414. The second kappa shape index (κ2) is 7.94. The van der Waals surface area contributed by atoms with Crippen LogP contribution in [0.5, 0.6) is 5.75 Å². The Balaban J connectivity index is 1.49. The van der Waals surface area contributed by atoms with Gasteiger partial charge in [-0.3, -0.25) is 0 Å². The van der Waals surface area contributed by atoms with Crippen LogP contribution in [0.1, 0.15) is 16.8 Å². The maximum absolute atomic E-state index is 13.2. The molecule has 2 heterocycles. The fourth-order valence-electron chi connectivity index (χ4n) is 3.21. The van der Waals surface area contributed by atoms with Crippen molar-refractivity contribution in [2.75, 3.05) is 7.11 Å². The standard InChI is InChI=1S/C22H21FN2OS/c1-26-20-8-4-16(5-9-20)13-24-14-19-12-22-21(10-11-27-22)25(19)15-17-2-6-18(23)7-3-17/h2-12,24H,13-15H2,1H3. The lowest BCUT2D eigenvalue weighted by atomic mass is 10.2. The van der Waals surface area contributed by atoms with Crippen molar-refractivity contribution in [3.63, 3.8) is 0 Å². The number of aromatic nitrogens is 1. The minimum Gasteiger partial charge on any atom is -0.497 e. The Bertz CT molecular complexity index is 1020. The predicted octanol–water partition coefficient (Wildman–Crippen LogP) is 5.19. The molecule has 0 aliphatic rings. The van der Waals surface area contributed by atoms with E-state index in [1.165, 1.54) is 33.6 Å². The predicted molar refractivity (Wildman–Crippen MR) is 109 cm³/mol. The van der Waals surface area contributed by atoms with Crippen LogP contribution in [0.4, 0.5) is 4.39 Å². The van der Waals surface area contributed by atoms with Crippen LogP contribution in [-0.4, -0.2) is 11.7 Å². The molecule has 0 saturated carbocycles. The number of rotatable bonds is 7. The fraction of sp³-hybridized carbons (Fsp3) is 0.182. The highest BCUT2D eigenvalue weighted by molar-refractivity contribution is 7.17. The van der Waals surface area contributed by atoms with E-state index in [0.717, 1.165) is 30.9 Å². The molecule has 0 saturated heterocycles. The molecule has 5 heteroatoms. The number of thiophene rings is 1. The van der Waals surface area contributed by atoms with Gasteiger partial charge >= 0.3 is 0 Å². The van der Waals surface area contributed by atoms with Gasteiger partial charge < -0.3 is 14.6 Å². The summed E-state index contributed by atoms with van der Waals surface area (Å²) in [7, 11) is 1.67. The Morgan fingerprint density at radius 3 is 2.44 bits per heavy atom. The van der Waals surface area contributed by atoms with E-state index in [2.05, 4.69) is 39.5 Å². The van der Waals surface area contributed by atoms with E-state index in [4.69, 9.17) is 4.74 Å². The van der Waals surface area contributed by atoms with Crippen molar-refractivity contribution in [2.45, 2.75) is 19.6 Å². The number of nitrogens with one attached hydrogen (secondary N) is 1. The number of fused-ring (bicyclic) bond motifs is 1. The second-order valence-electron chi connectivity index (χ2n) is 6.47. The Hall–Kier alpha value is -2.63. The van der Waals surface area contributed by atoms with E-state index in [-0.39, 0.29) is 5.82 Å². The molecule has 2 aromatic carbocycles. The summed E-state index contributed by atoms with van der Waals surface area (Å²) in [6.45, 7) is 2.30. The number of ether oxygens (including phenoxy) is 1. The monoisotopic (exact) mass is 380 g/mol. The summed E-state index contributed by atoms with van der Waals surface area (Å²) in [6.07, 6.45) is 0. The third kappa shape index (κ3) is 4.04. The van der Waals surface area contributed by atoms with Gasteiger partial charge in [-0.05, 0) is 52.9 Å². The molecule has 0 aliphatic carbocycles. The van der Waals surface area contributed by atoms with Crippen LogP contribution in [0.15, 0.2) is 66.0 Å². The van der Waals surface area contributed by atoms with Crippen LogP contribution < -0.4 is 10.1 Å². The average molecular weight is 380 g/mol. The van der Waals surface area contributed by atoms with E-state index < -0.39 is 0 Å². The van der Waals surface area contributed by atoms with Crippen LogP contribution in [0.3, 0.4) is 0 Å². The first-order valence-corrected chi connectivity index (χ1v) is 9.74. The third-order valence-corrected chi connectivity index (χ3v) is 5.51. The smallest absolute Gasteiger partial charge is 0.123 e. The Kier molecular flexibility index (Phi) is 5.23. The summed E-state index contributed by atoms with van der Waals surface area (Å²) in [5, 5.41) is 5.64. The molecule has 3 nitrogen and oxygen atoms in total. The highest BCUT2D eigenvalue weighted by atomic mass is 32.1. The van der Waals surface area contributed by atoms with Gasteiger partial charge in [-0.2, -0.15) is 0 Å². The van der Waals surface area contributed by atoms with Crippen LogP contribution in [0, 0.1) is 5.82 Å². The summed E-state index contributed by atoms with van der Waals surface area (Å²) in [4.78, 5) is 0. The second-order valence-corrected chi connectivity index (χ2v) is 7.42. The van der Waals surface area contributed by atoms with E-state index >= 15 is 0 Å². The van der Waals surface area contributed by atoms with Crippen LogP contribution in [0.25, 0.3) is 10.2 Å². The summed E-state index contributed by atoms with van der Waals surface area (Å²) < 4.78 is 22.0. The molecule has 4 aromatic rings. The van der Waals surface area contributed by atoms with Crippen molar-refractivity contribution >= 4 is 21.6 Å². The minimum atomic E-state index is -0.201. The van der Waals surface area contributed by atoms with E-state index in [1.807, 2.05) is 24.3 Å². The fourth-order valence-corrected chi connectivity index (χ4v) is 4.06. The van der Waals surface area contributed by atoms with Crippen molar-refractivity contribution in [3.05, 3.63) is 88.7 Å². The average Bonchev–Trinajstić information content (AvgIpc) is 3.27. The molecule has 0 unspecified atom stereocenters. The summed E-state index contributed by atoms with van der Waals surface area (Å²) in [5.74, 6) is 0.667. The first-order valence-electron chi connectivity index (χ1n) is 8.86. The molecule has 2 aromatic heterocycles. The topological polar surface area (TPSA) is 26.2 Å². The molecule has 0 spiro atoms. The maximum atomic E-state index is 13.2. The first-order chi connectivity index (χ1) is 13.2. The number of hydrogen-bond acceptors (Lipinski definition) is 3. The summed E-state index contributed by atoms with van der Waals surface area (Å²) in [5.41, 5.74) is 4.77. The van der Waals surface area contributed by atoms with Crippen molar-refractivity contribution < 1.29 is 9.13 Å². The molecule has 0 amide bonds. The number of methoxy groups -OCH3 is 1. The normalized spacial score (nSPS) is 11.2. The molecule has 0 atom stereocenters. The van der Waals surface area contributed by atoms with Crippen LogP contribution in [0.2, 0.25) is 0 Å². The van der Waals surface area contributed by atoms with Gasteiger partial charge in [0.25, 0.3) is 0 Å². The first kappa shape index (κ1) is 17.8. The summed E-state index contributed by atoms with van der Waals surface area (Å²) in [6, 6.07) is 19.2. The molecule has 0 radical (unpaired) electrons. The molecule has 0 bridgehead atoms. The molecule has 0 aliphatic heterocycles. The van der Waals surface area contributed by atoms with Crippen molar-refractivity contribution in [2.24, 2.45) is 0 Å². The van der Waals surface area contributed by atoms with Gasteiger partial charge in [0.05, 0.1) is 17.3 Å². The van der Waals surface area contributed by atoms with Gasteiger partial charge in [-0.1, -0.05) is 24.3 Å². The lowest BCUT2D eigenvalue weighted by Gasteiger charge is -2.12. The molecule has 4 rings (SSSR count). The Morgan fingerprint density at radius 2 is 1.70 bits per heavy atom. The van der Waals surface area contributed by atoms with E-state index in [9.17, 15) is 4.39 Å². The molecule has 138 valence electrons. The highest BCUT2D eigenvalue weighted by Crippen LogP contribution is 2.26. The van der Waals surface area contributed by atoms with E-state index in [1.54, 1.807) is 18.4 Å². The van der Waals surface area contributed by atoms with Gasteiger partial charge in [-0.15, -0.1) is 11.3 Å². The van der Waals surface area contributed by atoms with Gasteiger partial charge in [-0.25, -0.2) is 4.39 Å². The number of hydrogen-bond donors (Lipinski definition) is 1. The van der Waals surface area contributed by atoms with Crippen molar-refractivity contribution in [3.8, 4) is 5.75 Å². The minimum absolute atomic E-state index is 0.201. The molecule has 0 fully saturated rings. The Labute approximate surface area is 162 Å². The van der Waals surface area contributed by atoms with E-state index in [0.29, 0.717) is 0 Å². The third-order valence-electron chi connectivity index (χ3n) is 4.66. The number of benzene rings is 2. The molecular formula is C22H21FN2OS. The van der Waals surface area contributed by atoms with Gasteiger partial charge in [0, 0.05) is 25.3 Å². The van der Waals surface area contributed by atoms with Crippen LogP contribution >= 0.6 is 11.3 Å². The summed E-state index contributed by atoms with van der Waals surface area (Å²) >= 11 is 1.75. The maximum Gasteiger partial charge on any atom is 0.123 e. The van der Waals surface area contributed by atoms with Crippen LogP contribution in [-0.2, 0) is 19.6 Å². The molecule has 27 heavy (non-hydrogen) atoms. The highest BCUT2D eigenvalue weighted by Gasteiger charge is 2.10. The lowest BCUT2D eigenvalue weighted by Crippen LogP contribution is -2.16. The van der Waals surface area contributed by atoms with Crippen molar-refractivity contribution in [1.82, 2.24) is 9.88 Å². The van der Waals surface area contributed by atoms with Gasteiger partial charge in [0.15, 0.2) is 0 Å². The van der Waals surface area contributed by atoms with Crippen molar-refractivity contribution in [1.29, 1.82) is 0 Å². The zero-order chi connectivity index (χ0) is 18.6. The zero-order valence-corrected chi connectivity index (χ0v) is 15.9. The quantitative estimate of drug-likeness (QED) is 0.478. The SMILES string of the molecule is COc1ccc(CNCc2cc3sccc3n2Cc2ccc(F)cc2)cc1. The number of nitrogens with zero attached hydrogens (tertiary/aromatic N) is 1. The van der Waals surface area contributed by atoms with Gasteiger partial charge in [0.1, 0.15) is 11.6 Å². The number of halogens is 1. The zero-order valence-electron chi connectivity index (χ0n) is 15.1. The van der Waals surface area contributed by atoms with Gasteiger partial charge in [0.2, 0.25) is 0 Å². The largest absolute Gasteiger partial charge is 0.497 e. The Morgan fingerprint density at radius 1 is 0.963 bits per heavy atom. The molecular weight excluding hydrogens is 359 g/mol. The molecule has 1 N–H and O–H groups in total.